The molecule has 2 N–H and O–H groups in total. The largest absolute Gasteiger partial charge is 0.493 e. The Kier molecular flexibility index (Phi) is 5.38. The SMILES string of the molecule is COc1cc(N)cc(Cl)c1OCCN1CCCC(C)C1. The van der Waals surface area contributed by atoms with Gasteiger partial charge in [-0.05, 0) is 31.4 Å². The quantitative estimate of drug-likeness (QED) is 0.849. The molecule has 0 saturated carbocycles. The molecule has 0 spiro atoms. The first-order chi connectivity index (χ1) is 9.60. The molecule has 112 valence electrons. The maximum absolute atomic E-state index is 6.16. The number of benzene rings is 1. The molecule has 1 atom stereocenters. The molecule has 1 aliphatic heterocycles. The van der Waals surface area contributed by atoms with E-state index in [1.54, 1.807) is 19.2 Å². The highest BCUT2D eigenvalue weighted by Gasteiger charge is 2.17. The molecule has 5 heteroatoms. The maximum Gasteiger partial charge on any atom is 0.179 e. The molecule has 1 saturated heterocycles. The van der Waals surface area contributed by atoms with Crippen LogP contribution >= 0.6 is 11.6 Å². The number of halogens is 1. The normalized spacial score (nSPS) is 19.9. The molecule has 0 bridgehead atoms. The van der Waals surface area contributed by atoms with E-state index in [2.05, 4.69) is 11.8 Å². The molecule has 1 fully saturated rings. The Morgan fingerprint density at radius 2 is 2.25 bits per heavy atom. The summed E-state index contributed by atoms with van der Waals surface area (Å²) in [5.74, 6) is 1.94. The Morgan fingerprint density at radius 3 is 2.95 bits per heavy atom. The van der Waals surface area contributed by atoms with E-state index in [4.69, 9.17) is 26.8 Å². The monoisotopic (exact) mass is 298 g/mol. The molecular formula is C15H23ClN2O2. The second-order valence-electron chi connectivity index (χ2n) is 5.43. The third-order valence-electron chi connectivity index (χ3n) is 3.65. The van der Waals surface area contributed by atoms with Crippen molar-refractivity contribution in [3.63, 3.8) is 0 Å². The lowest BCUT2D eigenvalue weighted by Gasteiger charge is -2.30. The molecule has 0 aliphatic carbocycles. The van der Waals surface area contributed by atoms with Crippen LogP contribution in [0.1, 0.15) is 19.8 Å². The van der Waals surface area contributed by atoms with E-state index in [9.17, 15) is 0 Å². The van der Waals surface area contributed by atoms with E-state index < -0.39 is 0 Å². The van der Waals surface area contributed by atoms with Crippen molar-refractivity contribution in [1.29, 1.82) is 0 Å². The predicted octanol–water partition coefficient (Wildman–Crippen LogP) is 3.04. The molecule has 1 unspecified atom stereocenters. The van der Waals surface area contributed by atoms with E-state index in [-0.39, 0.29) is 0 Å². The van der Waals surface area contributed by atoms with Crippen LogP contribution in [0.15, 0.2) is 12.1 Å². The minimum Gasteiger partial charge on any atom is -0.493 e. The molecule has 1 heterocycles. The van der Waals surface area contributed by atoms with Crippen LogP contribution in [0.25, 0.3) is 0 Å². The first-order valence-electron chi connectivity index (χ1n) is 7.08. The van der Waals surface area contributed by atoms with Gasteiger partial charge in [-0.1, -0.05) is 18.5 Å². The summed E-state index contributed by atoms with van der Waals surface area (Å²) in [5, 5.41) is 0.494. The Balaban J connectivity index is 1.90. The van der Waals surface area contributed by atoms with Crippen molar-refractivity contribution in [3.05, 3.63) is 17.2 Å². The number of ether oxygens (including phenoxy) is 2. The summed E-state index contributed by atoms with van der Waals surface area (Å²) in [6, 6.07) is 3.41. The van der Waals surface area contributed by atoms with Gasteiger partial charge >= 0.3 is 0 Å². The fourth-order valence-electron chi connectivity index (χ4n) is 2.65. The number of nitrogens with zero attached hydrogens (tertiary/aromatic N) is 1. The highest BCUT2D eigenvalue weighted by Crippen LogP contribution is 2.37. The van der Waals surface area contributed by atoms with Gasteiger partial charge in [0.25, 0.3) is 0 Å². The molecule has 2 rings (SSSR count). The number of anilines is 1. The van der Waals surface area contributed by atoms with Crippen LogP contribution in [-0.2, 0) is 0 Å². The minimum absolute atomic E-state index is 0.494. The first kappa shape index (κ1) is 15.3. The summed E-state index contributed by atoms with van der Waals surface area (Å²) < 4.78 is 11.1. The molecular weight excluding hydrogens is 276 g/mol. The number of hydrogen-bond acceptors (Lipinski definition) is 4. The average Bonchev–Trinajstić information content (AvgIpc) is 2.40. The van der Waals surface area contributed by atoms with Gasteiger partial charge in [0.15, 0.2) is 11.5 Å². The highest BCUT2D eigenvalue weighted by atomic mass is 35.5. The third-order valence-corrected chi connectivity index (χ3v) is 3.93. The van der Waals surface area contributed by atoms with E-state index >= 15 is 0 Å². The lowest BCUT2D eigenvalue weighted by atomic mass is 10.0. The van der Waals surface area contributed by atoms with Crippen molar-refractivity contribution in [3.8, 4) is 11.5 Å². The highest BCUT2D eigenvalue weighted by molar-refractivity contribution is 6.32. The van der Waals surface area contributed by atoms with Gasteiger partial charge in [0.05, 0.1) is 12.1 Å². The standard InChI is InChI=1S/C15H23ClN2O2/c1-11-4-3-5-18(10-11)6-7-20-15-13(16)8-12(17)9-14(15)19-2/h8-9,11H,3-7,10,17H2,1-2H3. The van der Waals surface area contributed by atoms with Crippen LogP contribution in [0, 0.1) is 5.92 Å². The maximum atomic E-state index is 6.16. The molecule has 1 aromatic rings. The topological polar surface area (TPSA) is 47.7 Å². The number of nitrogen functional groups attached to an aromatic ring is 1. The zero-order valence-electron chi connectivity index (χ0n) is 12.2. The third kappa shape index (κ3) is 3.93. The van der Waals surface area contributed by atoms with Gasteiger partial charge in [-0.3, -0.25) is 4.90 Å². The van der Waals surface area contributed by atoms with Crippen LogP contribution in [0.5, 0.6) is 11.5 Å². The van der Waals surface area contributed by atoms with E-state index in [0.717, 1.165) is 25.6 Å². The molecule has 20 heavy (non-hydrogen) atoms. The summed E-state index contributed by atoms with van der Waals surface area (Å²) in [6.45, 7) is 6.12. The second-order valence-corrected chi connectivity index (χ2v) is 5.84. The van der Waals surface area contributed by atoms with Crippen molar-refractivity contribution >= 4 is 17.3 Å². The van der Waals surface area contributed by atoms with Crippen LogP contribution in [0.2, 0.25) is 5.02 Å². The molecule has 1 aromatic carbocycles. The van der Waals surface area contributed by atoms with Crippen molar-refractivity contribution in [2.24, 2.45) is 5.92 Å². The number of rotatable bonds is 5. The predicted molar refractivity (Wildman–Crippen MR) is 82.7 cm³/mol. The number of methoxy groups -OCH3 is 1. The van der Waals surface area contributed by atoms with E-state index in [1.807, 2.05) is 0 Å². The van der Waals surface area contributed by atoms with Crippen molar-refractivity contribution in [1.82, 2.24) is 4.90 Å². The lowest BCUT2D eigenvalue weighted by Crippen LogP contribution is -2.37. The van der Waals surface area contributed by atoms with Crippen molar-refractivity contribution in [2.45, 2.75) is 19.8 Å². The van der Waals surface area contributed by atoms with Gasteiger partial charge in [-0.2, -0.15) is 0 Å². The zero-order valence-corrected chi connectivity index (χ0v) is 12.9. The Hall–Kier alpha value is -1.13. The van der Waals surface area contributed by atoms with Crippen LogP contribution < -0.4 is 15.2 Å². The molecule has 0 radical (unpaired) electrons. The van der Waals surface area contributed by atoms with Crippen molar-refractivity contribution in [2.75, 3.05) is 39.1 Å². The first-order valence-corrected chi connectivity index (χ1v) is 7.46. The summed E-state index contributed by atoms with van der Waals surface area (Å²) in [6.07, 6.45) is 2.60. The van der Waals surface area contributed by atoms with Crippen LogP contribution in [-0.4, -0.2) is 38.3 Å². The molecule has 1 aliphatic rings. The molecule has 0 aromatic heterocycles. The van der Waals surface area contributed by atoms with Gasteiger partial charge in [-0.25, -0.2) is 0 Å². The summed E-state index contributed by atoms with van der Waals surface area (Å²) in [7, 11) is 1.59. The molecule has 4 nitrogen and oxygen atoms in total. The van der Waals surface area contributed by atoms with Crippen molar-refractivity contribution < 1.29 is 9.47 Å². The minimum atomic E-state index is 0.494. The van der Waals surface area contributed by atoms with Gasteiger partial charge in [0.1, 0.15) is 6.61 Å². The number of piperidine rings is 1. The molecule has 0 amide bonds. The fourth-order valence-corrected chi connectivity index (χ4v) is 2.92. The summed E-state index contributed by atoms with van der Waals surface area (Å²) in [4.78, 5) is 2.44. The zero-order chi connectivity index (χ0) is 14.5. The van der Waals surface area contributed by atoms with Crippen LogP contribution in [0.3, 0.4) is 0 Å². The van der Waals surface area contributed by atoms with Gasteiger partial charge in [-0.15, -0.1) is 0 Å². The average molecular weight is 299 g/mol. The van der Waals surface area contributed by atoms with Crippen LogP contribution in [0.4, 0.5) is 5.69 Å². The number of nitrogens with two attached hydrogens (primary N) is 1. The Labute approximate surface area is 125 Å². The smallest absolute Gasteiger partial charge is 0.179 e. The summed E-state index contributed by atoms with van der Waals surface area (Å²) >= 11 is 6.16. The van der Waals surface area contributed by atoms with E-state index in [1.165, 1.54) is 12.8 Å². The van der Waals surface area contributed by atoms with Gasteiger partial charge in [0, 0.05) is 24.8 Å². The number of hydrogen-bond donors (Lipinski definition) is 1. The fraction of sp³-hybridized carbons (Fsp3) is 0.600. The lowest BCUT2D eigenvalue weighted by molar-refractivity contribution is 0.152. The van der Waals surface area contributed by atoms with Gasteiger partial charge < -0.3 is 15.2 Å². The van der Waals surface area contributed by atoms with E-state index in [0.29, 0.717) is 28.8 Å². The Bertz CT molecular complexity index is 454. The second kappa shape index (κ2) is 7.04. The summed E-state index contributed by atoms with van der Waals surface area (Å²) in [5.41, 5.74) is 6.31. The number of likely N-dealkylation sites (tertiary alicyclic amines) is 1. The van der Waals surface area contributed by atoms with Gasteiger partial charge in [0.2, 0.25) is 0 Å². The Morgan fingerprint density at radius 1 is 1.45 bits per heavy atom.